The zero-order valence-electron chi connectivity index (χ0n) is 11.2. The molecule has 1 fully saturated rings. The lowest BCUT2D eigenvalue weighted by atomic mass is 10.0. The summed E-state index contributed by atoms with van der Waals surface area (Å²) in [5.41, 5.74) is 5.50. The number of nitrogens with two attached hydrogens (primary N) is 1. The van der Waals surface area contributed by atoms with Crippen molar-refractivity contribution in [1.82, 2.24) is 4.90 Å². The lowest BCUT2D eigenvalue weighted by Crippen LogP contribution is -2.29. The van der Waals surface area contributed by atoms with E-state index in [0.717, 1.165) is 45.5 Å². The van der Waals surface area contributed by atoms with Gasteiger partial charge in [0.1, 0.15) is 0 Å². The molecule has 4 heteroatoms. The highest BCUT2D eigenvalue weighted by Gasteiger charge is 2.25. The molecule has 100 valence electrons. The molecular weight excluding hydrogens is 216 g/mol. The third kappa shape index (κ3) is 5.04. The van der Waals surface area contributed by atoms with Gasteiger partial charge in [-0.2, -0.15) is 0 Å². The Bertz CT molecular complexity index is 233. The number of methoxy groups -OCH3 is 1. The quantitative estimate of drug-likeness (QED) is 0.731. The van der Waals surface area contributed by atoms with Crippen molar-refractivity contribution >= 4 is 5.91 Å². The van der Waals surface area contributed by atoms with Crippen LogP contribution in [-0.4, -0.2) is 44.2 Å². The number of carbonyl (C=O) groups excluding carboxylic acids is 1. The van der Waals surface area contributed by atoms with Crippen molar-refractivity contribution < 1.29 is 9.53 Å². The predicted octanol–water partition coefficient (Wildman–Crippen LogP) is 1.25. The molecule has 17 heavy (non-hydrogen) atoms. The first-order chi connectivity index (χ1) is 8.17. The van der Waals surface area contributed by atoms with Crippen LogP contribution in [0.25, 0.3) is 0 Å². The summed E-state index contributed by atoms with van der Waals surface area (Å²) in [6.07, 6.45) is 3.72. The predicted molar refractivity (Wildman–Crippen MR) is 68.6 cm³/mol. The minimum absolute atomic E-state index is 0.299. The summed E-state index contributed by atoms with van der Waals surface area (Å²) < 4.78 is 5.13. The monoisotopic (exact) mass is 242 g/mol. The Morgan fingerprint density at radius 2 is 2.29 bits per heavy atom. The van der Waals surface area contributed by atoms with Crippen LogP contribution < -0.4 is 5.73 Å². The summed E-state index contributed by atoms with van der Waals surface area (Å²) in [6.45, 7) is 5.43. The first-order valence-electron chi connectivity index (χ1n) is 6.64. The Labute approximate surface area is 104 Å². The molecule has 0 spiro atoms. The fraction of sp³-hybridized carbons (Fsp3) is 0.923. The Hall–Kier alpha value is -0.610. The first-order valence-corrected chi connectivity index (χ1v) is 6.64. The molecule has 1 heterocycles. The fourth-order valence-corrected chi connectivity index (χ4v) is 2.39. The highest BCUT2D eigenvalue weighted by Crippen LogP contribution is 2.19. The van der Waals surface area contributed by atoms with Gasteiger partial charge in [0.2, 0.25) is 5.91 Å². The highest BCUT2D eigenvalue weighted by atomic mass is 16.5. The third-order valence-electron chi connectivity index (χ3n) is 3.55. The summed E-state index contributed by atoms with van der Waals surface area (Å²) in [6, 6.07) is 0. The van der Waals surface area contributed by atoms with Crippen LogP contribution in [0.1, 0.15) is 32.6 Å². The molecule has 1 aliphatic rings. The molecule has 2 unspecified atom stereocenters. The summed E-state index contributed by atoms with van der Waals surface area (Å²) in [4.78, 5) is 13.9. The van der Waals surface area contributed by atoms with E-state index < -0.39 is 0 Å². The second-order valence-corrected chi connectivity index (χ2v) is 5.17. The van der Waals surface area contributed by atoms with Crippen molar-refractivity contribution in [3.8, 4) is 0 Å². The molecule has 0 radical (unpaired) electrons. The van der Waals surface area contributed by atoms with Crippen LogP contribution in [-0.2, 0) is 9.53 Å². The number of likely N-dealkylation sites (tertiary alicyclic amines) is 1. The molecule has 2 N–H and O–H groups in total. The van der Waals surface area contributed by atoms with Gasteiger partial charge < -0.3 is 15.4 Å². The molecule has 2 atom stereocenters. The van der Waals surface area contributed by atoms with Gasteiger partial charge in [0.25, 0.3) is 0 Å². The van der Waals surface area contributed by atoms with E-state index in [1.165, 1.54) is 0 Å². The van der Waals surface area contributed by atoms with Crippen LogP contribution in [0.2, 0.25) is 0 Å². The van der Waals surface area contributed by atoms with Crippen molar-refractivity contribution in [1.29, 1.82) is 0 Å². The SMILES string of the molecule is COCC1CCN(C(=O)CCC(C)CCN)C1. The Morgan fingerprint density at radius 3 is 2.94 bits per heavy atom. The summed E-state index contributed by atoms with van der Waals surface area (Å²) >= 11 is 0. The van der Waals surface area contributed by atoms with Crippen LogP contribution in [0.15, 0.2) is 0 Å². The van der Waals surface area contributed by atoms with Gasteiger partial charge in [0.05, 0.1) is 6.61 Å². The minimum atomic E-state index is 0.299. The molecule has 0 aromatic carbocycles. The number of hydrogen-bond acceptors (Lipinski definition) is 3. The topological polar surface area (TPSA) is 55.6 Å². The third-order valence-corrected chi connectivity index (χ3v) is 3.55. The van der Waals surface area contributed by atoms with Gasteiger partial charge in [-0.15, -0.1) is 0 Å². The average molecular weight is 242 g/mol. The first kappa shape index (κ1) is 14.5. The van der Waals surface area contributed by atoms with Crippen molar-refractivity contribution in [3.05, 3.63) is 0 Å². The lowest BCUT2D eigenvalue weighted by molar-refractivity contribution is -0.130. The van der Waals surface area contributed by atoms with Crippen LogP contribution in [0.5, 0.6) is 0 Å². The van der Waals surface area contributed by atoms with E-state index in [0.29, 0.717) is 24.2 Å². The van der Waals surface area contributed by atoms with E-state index in [1.54, 1.807) is 7.11 Å². The molecule has 0 aliphatic carbocycles. The van der Waals surface area contributed by atoms with Crippen LogP contribution in [0.4, 0.5) is 0 Å². The van der Waals surface area contributed by atoms with Gasteiger partial charge in [0.15, 0.2) is 0 Å². The van der Waals surface area contributed by atoms with Gasteiger partial charge in [-0.1, -0.05) is 6.92 Å². The average Bonchev–Trinajstić information content (AvgIpc) is 2.75. The molecule has 0 saturated carbocycles. The van der Waals surface area contributed by atoms with Gasteiger partial charge in [0, 0.05) is 32.5 Å². The number of carbonyl (C=O) groups is 1. The maximum absolute atomic E-state index is 12.0. The number of ether oxygens (including phenoxy) is 1. The second kappa shape index (κ2) is 7.67. The molecule has 1 rings (SSSR count). The van der Waals surface area contributed by atoms with E-state index in [4.69, 9.17) is 10.5 Å². The van der Waals surface area contributed by atoms with E-state index in [1.807, 2.05) is 4.90 Å². The fourth-order valence-electron chi connectivity index (χ4n) is 2.39. The molecule has 1 aliphatic heterocycles. The lowest BCUT2D eigenvalue weighted by Gasteiger charge is -2.17. The number of nitrogens with zero attached hydrogens (tertiary/aromatic N) is 1. The van der Waals surface area contributed by atoms with Gasteiger partial charge in [-0.25, -0.2) is 0 Å². The van der Waals surface area contributed by atoms with Gasteiger partial charge in [-0.05, 0) is 31.7 Å². The van der Waals surface area contributed by atoms with Crippen LogP contribution in [0, 0.1) is 11.8 Å². The normalized spacial score (nSPS) is 21.8. The molecule has 0 aromatic heterocycles. The molecule has 0 bridgehead atoms. The van der Waals surface area contributed by atoms with E-state index in [9.17, 15) is 4.79 Å². The molecule has 1 amide bonds. The van der Waals surface area contributed by atoms with Crippen molar-refractivity contribution in [2.45, 2.75) is 32.6 Å². The zero-order valence-corrected chi connectivity index (χ0v) is 11.2. The van der Waals surface area contributed by atoms with Gasteiger partial charge in [-0.3, -0.25) is 4.79 Å². The van der Waals surface area contributed by atoms with Gasteiger partial charge >= 0.3 is 0 Å². The Balaban J connectivity index is 2.20. The van der Waals surface area contributed by atoms with E-state index in [2.05, 4.69) is 6.92 Å². The second-order valence-electron chi connectivity index (χ2n) is 5.17. The number of hydrogen-bond donors (Lipinski definition) is 1. The smallest absolute Gasteiger partial charge is 0.222 e. The molecule has 1 saturated heterocycles. The maximum Gasteiger partial charge on any atom is 0.222 e. The summed E-state index contributed by atoms with van der Waals surface area (Å²) in [5, 5.41) is 0. The summed E-state index contributed by atoms with van der Waals surface area (Å²) in [7, 11) is 1.72. The maximum atomic E-state index is 12.0. The standard InChI is InChI=1S/C13H26N2O2/c1-11(5-7-14)3-4-13(16)15-8-6-12(9-15)10-17-2/h11-12H,3-10,14H2,1-2H3. The van der Waals surface area contributed by atoms with Crippen molar-refractivity contribution in [2.24, 2.45) is 17.6 Å². The molecular formula is C13H26N2O2. The zero-order chi connectivity index (χ0) is 12.7. The number of amides is 1. The summed E-state index contributed by atoms with van der Waals surface area (Å²) in [5.74, 6) is 1.39. The van der Waals surface area contributed by atoms with Crippen LogP contribution >= 0.6 is 0 Å². The highest BCUT2D eigenvalue weighted by molar-refractivity contribution is 5.76. The molecule has 4 nitrogen and oxygen atoms in total. The molecule has 0 aromatic rings. The van der Waals surface area contributed by atoms with E-state index >= 15 is 0 Å². The van der Waals surface area contributed by atoms with Crippen molar-refractivity contribution in [3.63, 3.8) is 0 Å². The van der Waals surface area contributed by atoms with E-state index in [-0.39, 0.29) is 0 Å². The number of rotatable bonds is 7. The Morgan fingerprint density at radius 1 is 1.53 bits per heavy atom. The largest absolute Gasteiger partial charge is 0.384 e. The van der Waals surface area contributed by atoms with Crippen LogP contribution in [0.3, 0.4) is 0 Å². The Kier molecular flexibility index (Phi) is 6.52. The minimum Gasteiger partial charge on any atom is -0.384 e. The van der Waals surface area contributed by atoms with Crippen molar-refractivity contribution in [2.75, 3.05) is 33.4 Å².